The molecule has 1 aromatic carbocycles. The largest absolute Gasteiger partial charge is 0.342 e. The van der Waals surface area contributed by atoms with Crippen molar-refractivity contribution in [3.8, 4) is 12.3 Å². The van der Waals surface area contributed by atoms with Crippen LogP contribution in [0.1, 0.15) is 19.3 Å². The van der Waals surface area contributed by atoms with Gasteiger partial charge < -0.3 is 9.47 Å². The molecule has 0 bridgehead atoms. The second-order valence-electron chi connectivity index (χ2n) is 6.23. The minimum atomic E-state index is -0.269. The number of rotatable bonds is 5. The molecule has 0 N–H and O–H groups in total. The van der Waals surface area contributed by atoms with Crippen molar-refractivity contribution in [3.05, 3.63) is 28.0 Å². The zero-order valence-corrected chi connectivity index (χ0v) is 17.2. The van der Waals surface area contributed by atoms with Crippen LogP contribution in [0.15, 0.2) is 23.2 Å². The highest BCUT2D eigenvalue weighted by Gasteiger charge is 2.16. The monoisotopic (exact) mass is 421 g/mol. The molecule has 1 aromatic heterocycles. The quantitative estimate of drug-likeness (QED) is 0.697. The van der Waals surface area contributed by atoms with E-state index in [1.165, 1.54) is 29.5 Å². The van der Waals surface area contributed by atoms with Crippen molar-refractivity contribution in [2.24, 2.45) is 4.99 Å². The summed E-state index contributed by atoms with van der Waals surface area (Å²) in [6.45, 7) is 1.98. The number of carbonyl (C=O) groups is 2. The SMILES string of the molecule is C#CCn1c(=NC(=O)CSCC(=O)N2CCCCC2)sc2cc(Cl)ccc21. The summed E-state index contributed by atoms with van der Waals surface area (Å²) in [5.41, 5.74) is 0.904. The van der Waals surface area contributed by atoms with E-state index in [1.807, 2.05) is 21.6 Å². The van der Waals surface area contributed by atoms with Gasteiger partial charge in [0.1, 0.15) is 0 Å². The fraction of sp³-hybridized carbons (Fsp3) is 0.421. The molecule has 2 amide bonds. The number of aromatic nitrogens is 1. The third-order valence-electron chi connectivity index (χ3n) is 4.27. The van der Waals surface area contributed by atoms with Gasteiger partial charge in [0.2, 0.25) is 5.91 Å². The number of thioether (sulfide) groups is 1. The molecule has 8 heteroatoms. The molecule has 2 aromatic rings. The number of hydrogen-bond donors (Lipinski definition) is 0. The van der Waals surface area contributed by atoms with Crippen molar-refractivity contribution in [3.63, 3.8) is 0 Å². The molecule has 1 fully saturated rings. The lowest BCUT2D eigenvalue weighted by molar-refractivity contribution is -0.129. The maximum atomic E-state index is 12.3. The summed E-state index contributed by atoms with van der Waals surface area (Å²) < 4.78 is 2.76. The fourth-order valence-corrected chi connectivity index (χ4v) is 5.00. The Morgan fingerprint density at radius 3 is 2.78 bits per heavy atom. The number of thiazole rings is 1. The average Bonchev–Trinajstić information content (AvgIpc) is 2.98. The van der Waals surface area contributed by atoms with Gasteiger partial charge >= 0.3 is 0 Å². The molecule has 5 nitrogen and oxygen atoms in total. The van der Waals surface area contributed by atoms with Gasteiger partial charge in [-0.05, 0) is 37.5 Å². The highest BCUT2D eigenvalue weighted by Crippen LogP contribution is 2.21. The summed E-state index contributed by atoms with van der Waals surface area (Å²) in [5, 5.41) is 0.626. The third kappa shape index (κ3) is 5.16. The van der Waals surface area contributed by atoms with Gasteiger partial charge in [-0.1, -0.05) is 28.9 Å². The molecule has 0 saturated carbocycles. The van der Waals surface area contributed by atoms with E-state index in [-0.39, 0.29) is 17.6 Å². The predicted molar refractivity (Wildman–Crippen MR) is 112 cm³/mol. The van der Waals surface area contributed by atoms with Gasteiger partial charge in [-0.25, -0.2) is 0 Å². The van der Waals surface area contributed by atoms with Crippen LogP contribution in [-0.2, 0) is 16.1 Å². The Balaban J connectivity index is 1.67. The van der Waals surface area contributed by atoms with E-state index in [0.717, 1.165) is 36.1 Å². The molecule has 142 valence electrons. The van der Waals surface area contributed by atoms with E-state index in [4.69, 9.17) is 18.0 Å². The number of carbonyl (C=O) groups excluding carboxylic acids is 2. The Hall–Kier alpha value is -1.75. The van der Waals surface area contributed by atoms with Gasteiger partial charge in [0.15, 0.2) is 4.80 Å². The number of nitrogens with zero attached hydrogens (tertiary/aromatic N) is 3. The normalized spacial score (nSPS) is 15.1. The van der Waals surface area contributed by atoms with Crippen LogP contribution in [0.3, 0.4) is 0 Å². The van der Waals surface area contributed by atoms with Gasteiger partial charge in [-0.3, -0.25) is 9.59 Å². The molecule has 27 heavy (non-hydrogen) atoms. The number of benzene rings is 1. The number of piperidine rings is 1. The van der Waals surface area contributed by atoms with E-state index < -0.39 is 0 Å². The minimum Gasteiger partial charge on any atom is -0.342 e. The number of hydrogen-bond acceptors (Lipinski definition) is 4. The van der Waals surface area contributed by atoms with Crippen molar-refractivity contribution in [1.29, 1.82) is 0 Å². The highest BCUT2D eigenvalue weighted by molar-refractivity contribution is 8.00. The summed E-state index contributed by atoms with van der Waals surface area (Å²) >= 11 is 8.74. The predicted octanol–water partition coefficient (Wildman–Crippen LogP) is 3.16. The van der Waals surface area contributed by atoms with Crippen LogP contribution in [0.25, 0.3) is 10.2 Å². The summed E-state index contributed by atoms with van der Waals surface area (Å²) in [6.07, 6.45) is 8.78. The average molecular weight is 422 g/mol. The van der Waals surface area contributed by atoms with E-state index in [0.29, 0.717) is 22.1 Å². The molecule has 3 rings (SSSR count). The Morgan fingerprint density at radius 1 is 1.26 bits per heavy atom. The first-order valence-electron chi connectivity index (χ1n) is 8.74. The lowest BCUT2D eigenvalue weighted by atomic mass is 10.1. The van der Waals surface area contributed by atoms with Crippen molar-refractivity contribution in [2.45, 2.75) is 25.8 Å². The van der Waals surface area contributed by atoms with Crippen molar-refractivity contribution >= 4 is 56.7 Å². The van der Waals surface area contributed by atoms with Crippen LogP contribution in [0, 0.1) is 12.3 Å². The molecule has 1 saturated heterocycles. The van der Waals surface area contributed by atoms with Crippen LogP contribution < -0.4 is 4.80 Å². The Kier molecular flexibility index (Phi) is 7.00. The minimum absolute atomic E-state index is 0.103. The Bertz CT molecular complexity index is 952. The maximum Gasteiger partial charge on any atom is 0.258 e. The second kappa shape index (κ2) is 9.45. The molecule has 1 aliphatic rings. The number of amides is 2. The van der Waals surface area contributed by atoms with Gasteiger partial charge in [0, 0.05) is 18.1 Å². The van der Waals surface area contributed by atoms with E-state index in [2.05, 4.69) is 10.9 Å². The van der Waals surface area contributed by atoms with Gasteiger partial charge in [-0.15, -0.1) is 18.2 Å². The molecular weight excluding hydrogens is 402 g/mol. The van der Waals surface area contributed by atoms with Gasteiger partial charge in [0.05, 0.1) is 28.3 Å². The maximum absolute atomic E-state index is 12.3. The van der Waals surface area contributed by atoms with E-state index in [1.54, 1.807) is 6.07 Å². The first-order valence-corrected chi connectivity index (χ1v) is 11.1. The molecule has 2 heterocycles. The highest BCUT2D eigenvalue weighted by atomic mass is 35.5. The van der Waals surface area contributed by atoms with Crippen molar-refractivity contribution < 1.29 is 9.59 Å². The van der Waals surface area contributed by atoms with E-state index in [9.17, 15) is 9.59 Å². The van der Waals surface area contributed by atoms with Crippen molar-refractivity contribution in [2.75, 3.05) is 24.6 Å². The van der Waals surface area contributed by atoms with Crippen LogP contribution in [0.5, 0.6) is 0 Å². The Morgan fingerprint density at radius 2 is 2.04 bits per heavy atom. The van der Waals surface area contributed by atoms with Gasteiger partial charge in [-0.2, -0.15) is 4.99 Å². The first kappa shape index (κ1) is 20.0. The summed E-state index contributed by atoms with van der Waals surface area (Å²) in [6, 6.07) is 5.50. The fourth-order valence-electron chi connectivity index (χ4n) is 2.98. The van der Waals surface area contributed by atoms with Crippen LogP contribution in [0.2, 0.25) is 5.02 Å². The van der Waals surface area contributed by atoms with Crippen LogP contribution in [-0.4, -0.2) is 45.9 Å². The van der Waals surface area contributed by atoms with E-state index >= 15 is 0 Å². The molecule has 0 spiro atoms. The van der Waals surface area contributed by atoms with Crippen molar-refractivity contribution in [1.82, 2.24) is 9.47 Å². The Labute approximate surface area is 171 Å². The lowest BCUT2D eigenvalue weighted by Gasteiger charge is -2.26. The second-order valence-corrected chi connectivity index (χ2v) is 8.66. The zero-order valence-electron chi connectivity index (χ0n) is 14.8. The zero-order chi connectivity index (χ0) is 19.2. The third-order valence-corrected chi connectivity index (χ3v) is 6.45. The smallest absolute Gasteiger partial charge is 0.258 e. The molecule has 0 aliphatic carbocycles. The molecule has 0 unspecified atom stereocenters. The number of halogens is 1. The summed E-state index contributed by atoms with van der Waals surface area (Å²) in [5.74, 6) is 2.91. The van der Waals surface area contributed by atoms with Crippen LogP contribution >= 0.6 is 34.7 Å². The number of fused-ring (bicyclic) bond motifs is 1. The standard InChI is InChI=1S/C19H20ClN3O2S2/c1-2-8-23-15-7-6-14(20)11-16(15)27-19(23)21-17(24)12-26-13-18(25)22-9-4-3-5-10-22/h1,6-7,11H,3-5,8-10,12-13H2. The number of terminal acetylenes is 1. The summed E-state index contributed by atoms with van der Waals surface area (Å²) in [7, 11) is 0. The molecule has 0 radical (unpaired) electrons. The first-order chi connectivity index (χ1) is 13.1. The lowest BCUT2D eigenvalue weighted by Crippen LogP contribution is -2.36. The topological polar surface area (TPSA) is 54.7 Å². The number of likely N-dealkylation sites (tertiary alicyclic amines) is 1. The molecule has 1 aliphatic heterocycles. The van der Waals surface area contributed by atoms with Gasteiger partial charge in [0.25, 0.3) is 5.91 Å². The molecular formula is C19H20ClN3O2S2. The summed E-state index contributed by atoms with van der Waals surface area (Å²) in [4.78, 5) is 31.1. The van der Waals surface area contributed by atoms with Crippen LogP contribution in [0.4, 0.5) is 0 Å². The molecule has 0 atom stereocenters.